The number of aromatic nitrogens is 1. The van der Waals surface area contributed by atoms with Gasteiger partial charge in [-0.15, -0.1) is 0 Å². The van der Waals surface area contributed by atoms with Crippen LogP contribution in [-0.4, -0.2) is 36.7 Å². The fraction of sp³-hybridized carbons (Fsp3) is 0.300. The normalized spacial score (nSPS) is 11.5. The summed E-state index contributed by atoms with van der Waals surface area (Å²) in [6.45, 7) is 3.59. The Morgan fingerprint density at radius 3 is 2.54 bits per heavy atom. The maximum atomic E-state index is 13.1. The van der Waals surface area contributed by atoms with Gasteiger partial charge in [0.2, 0.25) is 0 Å². The first-order valence-electron chi connectivity index (χ1n) is 8.30. The number of likely N-dealkylation sites (N-methyl/N-ethyl adjacent to an activating group) is 1. The van der Waals surface area contributed by atoms with Crippen molar-refractivity contribution in [1.82, 2.24) is 14.8 Å². The standard InChI is InChI=1S/C20H24FN3/c1-23(2)12-11-22-13-17-15-24(20-6-4-3-5-19(17)20)14-16-7-9-18(21)10-8-16/h3-10,15,22H,11-14H2,1-2H3. The Bertz CT molecular complexity index is 790. The zero-order valence-electron chi connectivity index (χ0n) is 14.3. The average Bonchev–Trinajstić information content (AvgIpc) is 2.92. The molecule has 0 aliphatic rings. The van der Waals surface area contributed by atoms with Gasteiger partial charge in [0.25, 0.3) is 0 Å². The topological polar surface area (TPSA) is 20.2 Å². The Kier molecular flexibility index (Phi) is 5.28. The van der Waals surface area contributed by atoms with Crippen molar-refractivity contribution < 1.29 is 4.39 Å². The van der Waals surface area contributed by atoms with E-state index >= 15 is 0 Å². The molecule has 1 heterocycles. The third-order valence-electron chi connectivity index (χ3n) is 4.19. The molecule has 0 aliphatic carbocycles. The van der Waals surface area contributed by atoms with Crippen molar-refractivity contribution in [2.24, 2.45) is 0 Å². The van der Waals surface area contributed by atoms with Gasteiger partial charge in [-0.05, 0) is 43.4 Å². The molecule has 0 saturated heterocycles. The summed E-state index contributed by atoms with van der Waals surface area (Å²) >= 11 is 0. The van der Waals surface area contributed by atoms with Crippen LogP contribution < -0.4 is 5.32 Å². The summed E-state index contributed by atoms with van der Waals surface area (Å²) in [5.74, 6) is -0.193. The highest BCUT2D eigenvalue weighted by Gasteiger charge is 2.08. The molecule has 0 saturated carbocycles. The number of para-hydroxylation sites is 1. The second kappa shape index (κ2) is 7.60. The summed E-state index contributed by atoms with van der Waals surface area (Å²) in [6.07, 6.45) is 2.21. The predicted octanol–water partition coefficient (Wildman–Crippen LogP) is 3.48. The number of nitrogens with one attached hydrogen (secondary N) is 1. The van der Waals surface area contributed by atoms with Gasteiger partial charge in [0, 0.05) is 43.3 Å². The van der Waals surface area contributed by atoms with Gasteiger partial charge < -0.3 is 14.8 Å². The molecule has 0 fully saturated rings. The van der Waals surface area contributed by atoms with Crippen LogP contribution in [0, 0.1) is 5.82 Å². The Morgan fingerprint density at radius 1 is 1.04 bits per heavy atom. The molecule has 2 aromatic carbocycles. The first kappa shape index (κ1) is 16.7. The minimum atomic E-state index is -0.193. The maximum absolute atomic E-state index is 13.1. The molecule has 3 nitrogen and oxygen atoms in total. The van der Waals surface area contributed by atoms with Crippen LogP contribution in [-0.2, 0) is 13.1 Å². The van der Waals surface area contributed by atoms with Crippen molar-refractivity contribution in [1.29, 1.82) is 0 Å². The van der Waals surface area contributed by atoms with Gasteiger partial charge in [-0.25, -0.2) is 4.39 Å². The van der Waals surface area contributed by atoms with E-state index in [1.165, 1.54) is 28.6 Å². The smallest absolute Gasteiger partial charge is 0.123 e. The number of hydrogen-bond donors (Lipinski definition) is 1. The molecule has 4 heteroatoms. The minimum absolute atomic E-state index is 0.193. The summed E-state index contributed by atoms with van der Waals surface area (Å²) in [5.41, 5.74) is 3.61. The van der Waals surface area contributed by atoms with E-state index in [1.54, 1.807) is 0 Å². The molecule has 126 valence electrons. The van der Waals surface area contributed by atoms with Gasteiger partial charge in [-0.1, -0.05) is 30.3 Å². The van der Waals surface area contributed by atoms with Gasteiger partial charge in [0.1, 0.15) is 5.82 Å². The van der Waals surface area contributed by atoms with Crippen molar-refractivity contribution in [3.05, 3.63) is 71.7 Å². The first-order chi connectivity index (χ1) is 11.6. The van der Waals surface area contributed by atoms with E-state index in [1.807, 2.05) is 12.1 Å². The Labute approximate surface area is 142 Å². The lowest BCUT2D eigenvalue weighted by Gasteiger charge is -2.09. The van der Waals surface area contributed by atoms with E-state index in [9.17, 15) is 4.39 Å². The number of hydrogen-bond acceptors (Lipinski definition) is 2. The molecule has 0 unspecified atom stereocenters. The summed E-state index contributed by atoms with van der Waals surface area (Å²) in [7, 11) is 4.16. The zero-order chi connectivity index (χ0) is 16.9. The quantitative estimate of drug-likeness (QED) is 0.671. The molecule has 3 aromatic rings. The van der Waals surface area contributed by atoms with E-state index in [2.05, 4.69) is 59.3 Å². The summed E-state index contributed by atoms with van der Waals surface area (Å²) < 4.78 is 15.3. The number of rotatable bonds is 7. The van der Waals surface area contributed by atoms with Crippen molar-refractivity contribution in [2.45, 2.75) is 13.1 Å². The number of benzene rings is 2. The molecule has 3 rings (SSSR count). The van der Waals surface area contributed by atoms with E-state index in [0.717, 1.165) is 31.7 Å². The number of halogens is 1. The summed E-state index contributed by atoms with van der Waals surface area (Å²) in [5, 5.41) is 4.78. The van der Waals surface area contributed by atoms with Crippen LogP contribution in [0.25, 0.3) is 10.9 Å². The highest BCUT2D eigenvalue weighted by atomic mass is 19.1. The van der Waals surface area contributed by atoms with Crippen molar-refractivity contribution in [2.75, 3.05) is 27.2 Å². The molecular weight excluding hydrogens is 301 g/mol. The molecule has 0 atom stereocenters. The predicted molar refractivity (Wildman–Crippen MR) is 97.7 cm³/mol. The maximum Gasteiger partial charge on any atom is 0.123 e. The lowest BCUT2D eigenvalue weighted by molar-refractivity contribution is 0.400. The largest absolute Gasteiger partial charge is 0.343 e. The average molecular weight is 325 g/mol. The lowest BCUT2D eigenvalue weighted by Crippen LogP contribution is -2.26. The number of nitrogens with zero attached hydrogens (tertiary/aromatic N) is 2. The molecule has 1 N–H and O–H groups in total. The Balaban J connectivity index is 1.79. The van der Waals surface area contributed by atoms with E-state index < -0.39 is 0 Å². The fourth-order valence-electron chi connectivity index (χ4n) is 2.91. The van der Waals surface area contributed by atoms with Gasteiger partial charge in [0.05, 0.1) is 0 Å². The van der Waals surface area contributed by atoms with Crippen LogP contribution in [0.1, 0.15) is 11.1 Å². The molecule has 24 heavy (non-hydrogen) atoms. The van der Waals surface area contributed by atoms with Crippen molar-refractivity contribution in [3.63, 3.8) is 0 Å². The fourth-order valence-corrected chi connectivity index (χ4v) is 2.91. The van der Waals surface area contributed by atoms with Crippen LogP contribution in [0.15, 0.2) is 54.7 Å². The van der Waals surface area contributed by atoms with E-state index in [-0.39, 0.29) is 5.82 Å². The molecule has 0 spiro atoms. The molecule has 0 radical (unpaired) electrons. The van der Waals surface area contributed by atoms with Gasteiger partial charge in [-0.2, -0.15) is 0 Å². The molecular formula is C20H24FN3. The third kappa shape index (κ3) is 4.02. The van der Waals surface area contributed by atoms with Crippen molar-refractivity contribution >= 4 is 10.9 Å². The highest BCUT2D eigenvalue weighted by molar-refractivity contribution is 5.84. The van der Waals surface area contributed by atoms with Crippen LogP contribution >= 0.6 is 0 Å². The molecule has 0 bridgehead atoms. The zero-order valence-corrected chi connectivity index (χ0v) is 14.3. The molecule has 1 aromatic heterocycles. The monoisotopic (exact) mass is 325 g/mol. The summed E-state index contributed by atoms with van der Waals surface area (Å²) in [6, 6.07) is 15.2. The number of fused-ring (bicyclic) bond motifs is 1. The third-order valence-corrected chi connectivity index (χ3v) is 4.19. The molecule has 0 aliphatic heterocycles. The highest BCUT2D eigenvalue weighted by Crippen LogP contribution is 2.22. The second-order valence-corrected chi connectivity index (χ2v) is 6.41. The first-order valence-corrected chi connectivity index (χ1v) is 8.30. The second-order valence-electron chi connectivity index (χ2n) is 6.41. The van der Waals surface area contributed by atoms with Crippen LogP contribution in [0.2, 0.25) is 0 Å². The van der Waals surface area contributed by atoms with Gasteiger partial charge in [0.15, 0.2) is 0 Å². The van der Waals surface area contributed by atoms with Crippen LogP contribution in [0.3, 0.4) is 0 Å². The van der Waals surface area contributed by atoms with Gasteiger partial charge in [-0.3, -0.25) is 0 Å². The SMILES string of the molecule is CN(C)CCNCc1cn(Cc2ccc(F)cc2)c2ccccc12. The van der Waals surface area contributed by atoms with E-state index in [0.29, 0.717) is 0 Å². The molecule has 0 amide bonds. The minimum Gasteiger partial charge on any atom is -0.343 e. The van der Waals surface area contributed by atoms with Crippen molar-refractivity contribution in [3.8, 4) is 0 Å². The van der Waals surface area contributed by atoms with Crippen LogP contribution in [0.4, 0.5) is 4.39 Å². The summed E-state index contributed by atoms with van der Waals surface area (Å²) in [4.78, 5) is 2.17. The Morgan fingerprint density at radius 2 is 1.79 bits per heavy atom. The van der Waals surface area contributed by atoms with Gasteiger partial charge >= 0.3 is 0 Å². The lowest BCUT2D eigenvalue weighted by atomic mass is 10.2. The van der Waals surface area contributed by atoms with E-state index in [4.69, 9.17) is 0 Å². The Hall–Kier alpha value is -2.17. The van der Waals surface area contributed by atoms with Crippen LogP contribution in [0.5, 0.6) is 0 Å².